The second-order valence-electron chi connectivity index (χ2n) is 4.45. The predicted molar refractivity (Wildman–Crippen MR) is 81.3 cm³/mol. The predicted octanol–water partition coefficient (Wildman–Crippen LogP) is 2.44. The van der Waals surface area contributed by atoms with Crippen LogP contribution in [0.15, 0.2) is 30.6 Å². The Balaban J connectivity index is 2.02. The highest BCUT2D eigenvalue weighted by atomic mass is 35.5. The molecule has 7 heteroatoms. The van der Waals surface area contributed by atoms with E-state index in [0.29, 0.717) is 22.9 Å². The lowest BCUT2D eigenvalue weighted by Gasteiger charge is -2.08. The van der Waals surface area contributed by atoms with Gasteiger partial charge in [0.1, 0.15) is 0 Å². The van der Waals surface area contributed by atoms with Gasteiger partial charge in [0.25, 0.3) is 0 Å². The quantitative estimate of drug-likeness (QED) is 0.855. The van der Waals surface area contributed by atoms with Crippen molar-refractivity contribution < 1.29 is 9.59 Å². The summed E-state index contributed by atoms with van der Waals surface area (Å²) in [7, 11) is 0. The van der Waals surface area contributed by atoms with Gasteiger partial charge in [0, 0.05) is 23.5 Å². The molecule has 0 aliphatic heterocycles. The molecule has 0 saturated heterocycles. The summed E-state index contributed by atoms with van der Waals surface area (Å²) in [6.07, 6.45) is 3.13. The van der Waals surface area contributed by atoms with Crippen LogP contribution in [0.2, 0.25) is 5.02 Å². The van der Waals surface area contributed by atoms with Crippen molar-refractivity contribution in [2.45, 2.75) is 20.4 Å². The van der Waals surface area contributed by atoms with Crippen molar-refractivity contribution in [2.75, 3.05) is 10.6 Å². The van der Waals surface area contributed by atoms with Crippen LogP contribution in [0.25, 0.3) is 0 Å². The lowest BCUT2D eigenvalue weighted by Crippen LogP contribution is -2.29. The normalized spacial score (nSPS) is 10.2. The average Bonchev–Trinajstić information content (AvgIpc) is 2.90. The number of nitrogens with zero attached hydrogens (tertiary/aromatic N) is 2. The number of halogens is 1. The zero-order chi connectivity index (χ0) is 15.4. The SMILES string of the molecule is CCn1cc(NC(=O)C(=O)Nc2cc(Cl)ccc2C)cn1. The molecule has 0 saturated carbocycles. The first kappa shape index (κ1) is 15.1. The molecule has 110 valence electrons. The first-order valence-electron chi connectivity index (χ1n) is 6.40. The third-order valence-electron chi connectivity index (χ3n) is 2.87. The summed E-state index contributed by atoms with van der Waals surface area (Å²) in [5, 5.41) is 9.51. The Morgan fingerprint density at radius 1 is 1.29 bits per heavy atom. The zero-order valence-electron chi connectivity index (χ0n) is 11.7. The number of carbonyl (C=O) groups excluding carboxylic acids is 2. The molecule has 1 aromatic carbocycles. The van der Waals surface area contributed by atoms with E-state index >= 15 is 0 Å². The van der Waals surface area contributed by atoms with Gasteiger partial charge in [-0.15, -0.1) is 0 Å². The fraction of sp³-hybridized carbons (Fsp3) is 0.214. The van der Waals surface area contributed by atoms with Gasteiger partial charge in [0.05, 0.1) is 11.9 Å². The van der Waals surface area contributed by atoms with Gasteiger partial charge in [0.15, 0.2) is 0 Å². The van der Waals surface area contributed by atoms with Crippen LogP contribution in [0.4, 0.5) is 11.4 Å². The number of hydrogen-bond acceptors (Lipinski definition) is 3. The van der Waals surface area contributed by atoms with Crippen LogP contribution in [0.1, 0.15) is 12.5 Å². The van der Waals surface area contributed by atoms with Crippen LogP contribution < -0.4 is 10.6 Å². The Morgan fingerprint density at radius 3 is 2.67 bits per heavy atom. The molecule has 0 unspecified atom stereocenters. The van der Waals surface area contributed by atoms with Crippen LogP contribution in [-0.2, 0) is 16.1 Å². The molecule has 0 spiro atoms. The molecular weight excluding hydrogens is 292 g/mol. The summed E-state index contributed by atoms with van der Waals surface area (Å²) in [6.45, 7) is 4.42. The van der Waals surface area contributed by atoms with Crippen molar-refractivity contribution in [3.05, 3.63) is 41.2 Å². The van der Waals surface area contributed by atoms with Gasteiger partial charge < -0.3 is 10.6 Å². The molecule has 2 aromatic rings. The molecular formula is C14H15ClN4O2. The van der Waals surface area contributed by atoms with E-state index in [1.165, 1.54) is 6.20 Å². The highest BCUT2D eigenvalue weighted by molar-refractivity contribution is 6.43. The van der Waals surface area contributed by atoms with E-state index in [0.717, 1.165) is 5.56 Å². The Labute approximate surface area is 127 Å². The molecule has 0 atom stereocenters. The smallest absolute Gasteiger partial charge is 0.314 e. The van der Waals surface area contributed by atoms with Crippen LogP contribution in [-0.4, -0.2) is 21.6 Å². The first-order chi connectivity index (χ1) is 9.99. The van der Waals surface area contributed by atoms with Crippen molar-refractivity contribution in [3.8, 4) is 0 Å². The number of aromatic nitrogens is 2. The van der Waals surface area contributed by atoms with E-state index in [4.69, 9.17) is 11.6 Å². The molecule has 0 fully saturated rings. The molecule has 21 heavy (non-hydrogen) atoms. The minimum Gasteiger partial charge on any atom is -0.317 e. The Hall–Kier alpha value is -2.34. The highest BCUT2D eigenvalue weighted by Crippen LogP contribution is 2.20. The Bertz CT molecular complexity index is 681. The number of rotatable bonds is 3. The minimum absolute atomic E-state index is 0.472. The number of amides is 2. The number of benzene rings is 1. The van der Waals surface area contributed by atoms with Gasteiger partial charge in [-0.05, 0) is 31.5 Å². The average molecular weight is 307 g/mol. The third-order valence-corrected chi connectivity index (χ3v) is 3.10. The van der Waals surface area contributed by atoms with Crippen molar-refractivity contribution in [1.29, 1.82) is 0 Å². The van der Waals surface area contributed by atoms with E-state index in [9.17, 15) is 9.59 Å². The second kappa shape index (κ2) is 6.41. The van der Waals surface area contributed by atoms with Gasteiger partial charge in [0.2, 0.25) is 0 Å². The van der Waals surface area contributed by atoms with E-state index in [2.05, 4.69) is 15.7 Å². The lowest BCUT2D eigenvalue weighted by molar-refractivity contribution is -0.133. The van der Waals surface area contributed by atoms with Crippen molar-refractivity contribution in [2.24, 2.45) is 0 Å². The summed E-state index contributed by atoms with van der Waals surface area (Å²) in [5.74, 6) is -1.52. The minimum atomic E-state index is -0.760. The van der Waals surface area contributed by atoms with Crippen LogP contribution in [0.3, 0.4) is 0 Å². The fourth-order valence-electron chi connectivity index (χ4n) is 1.70. The van der Waals surface area contributed by atoms with Gasteiger partial charge in [-0.3, -0.25) is 14.3 Å². The summed E-state index contributed by atoms with van der Waals surface area (Å²) >= 11 is 5.87. The molecule has 1 heterocycles. The summed E-state index contributed by atoms with van der Waals surface area (Å²) in [5.41, 5.74) is 1.80. The van der Waals surface area contributed by atoms with E-state index < -0.39 is 11.8 Å². The first-order valence-corrected chi connectivity index (χ1v) is 6.78. The largest absolute Gasteiger partial charge is 0.317 e. The molecule has 2 N–H and O–H groups in total. The maximum atomic E-state index is 11.9. The standard InChI is InChI=1S/C14H15ClN4O2/c1-3-19-8-11(7-16-19)17-13(20)14(21)18-12-6-10(15)5-4-9(12)2/h4-8H,3H2,1-2H3,(H,17,20)(H,18,21). The molecule has 0 aliphatic rings. The molecule has 0 aliphatic carbocycles. The van der Waals surface area contributed by atoms with Crippen LogP contribution >= 0.6 is 11.6 Å². The molecule has 1 aromatic heterocycles. The van der Waals surface area contributed by atoms with E-state index in [1.54, 1.807) is 29.1 Å². The maximum Gasteiger partial charge on any atom is 0.314 e. The molecule has 2 rings (SSSR count). The van der Waals surface area contributed by atoms with Crippen molar-refractivity contribution in [3.63, 3.8) is 0 Å². The van der Waals surface area contributed by atoms with E-state index in [1.807, 2.05) is 13.8 Å². The van der Waals surface area contributed by atoms with Gasteiger partial charge in [-0.1, -0.05) is 17.7 Å². The van der Waals surface area contributed by atoms with Crippen LogP contribution in [0, 0.1) is 6.92 Å². The summed E-state index contributed by atoms with van der Waals surface area (Å²) < 4.78 is 1.65. The van der Waals surface area contributed by atoms with Gasteiger partial charge in [-0.2, -0.15) is 5.10 Å². The molecule has 0 radical (unpaired) electrons. The maximum absolute atomic E-state index is 11.9. The number of hydrogen-bond donors (Lipinski definition) is 2. The molecule has 0 bridgehead atoms. The molecule has 6 nitrogen and oxygen atoms in total. The summed E-state index contributed by atoms with van der Waals surface area (Å²) in [6, 6.07) is 5.07. The van der Waals surface area contributed by atoms with E-state index in [-0.39, 0.29) is 0 Å². The van der Waals surface area contributed by atoms with Gasteiger partial charge >= 0.3 is 11.8 Å². The second-order valence-corrected chi connectivity index (χ2v) is 4.89. The zero-order valence-corrected chi connectivity index (χ0v) is 12.4. The van der Waals surface area contributed by atoms with Gasteiger partial charge in [-0.25, -0.2) is 0 Å². The Morgan fingerprint density at radius 2 is 2.00 bits per heavy atom. The molecule has 2 amide bonds. The number of carbonyl (C=O) groups is 2. The topological polar surface area (TPSA) is 76.0 Å². The highest BCUT2D eigenvalue weighted by Gasteiger charge is 2.15. The van der Waals surface area contributed by atoms with Crippen molar-refractivity contribution >= 4 is 34.8 Å². The number of aryl methyl sites for hydroxylation is 2. The Kier molecular flexibility index (Phi) is 4.59. The number of nitrogens with one attached hydrogen (secondary N) is 2. The van der Waals surface area contributed by atoms with Crippen molar-refractivity contribution in [1.82, 2.24) is 9.78 Å². The third kappa shape index (κ3) is 3.82. The lowest BCUT2D eigenvalue weighted by atomic mass is 10.2. The number of anilines is 2. The van der Waals surface area contributed by atoms with Crippen LogP contribution in [0.5, 0.6) is 0 Å². The monoisotopic (exact) mass is 306 g/mol. The summed E-state index contributed by atoms with van der Waals surface area (Å²) in [4.78, 5) is 23.7. The fourth-order valence-corrected chi connectivity index (χ4v) is 1.87.